The van der Waals surface area contributed by atoms with Crippen molar-refractivity contribution < 1.29 is 27.2 Å². The minimum atomic E-state index is -2.71. The van der Waals surface area contributed by atoms with Gasteiger partial charge < -0.3 is 9.13 Å². The molecule has 4 rings (SSSR count). The maximum absolute atomic E-state index is 13.3. The Morgan fingerprint density at radius 3 is 1.83 bits per heavy atom. The molecule has 0 saturated carbocycles. The molecule has 0 spiro atoms. The van der Waals surface area contributed by atoms with Crippen molar-refractivity contribution >= 4 is 22.8 Å². The molecular formula is C33H39F4N5O6. The summed E-state index contributed by atoms with van der Waals surface area (Å²) in [6.45, 7) is 9.55. The molecule has 0 unspecified atom stereocenters. The van der Waals surface area contributed by atoms with E-state index >= 15 is 0 Å². The van der Waals surface area contributed by atoms with Crippen LogP contribution in [-0.2, 0) is 50.2 Å². The molecule has 0 aromatic carbocycles. The lowest BCUT2D eigenvalue weighted by molar-refractivity contribution is -0.119. The number of hydrogen-bond donors (Lipinski definition) is 1. The van der Waals surface area contributed by atoms with Gasteiger partial charge in [-0.2, -0.15) is 0 Å². The fourth-order valence-corrected chi connectivity index (χ4v) is 5.61. The number of allylic oxidation sites excluding steroid dienone is 2. The first-order chi connectivity index (χ1) is 22.8. The SMILES string of the molecule is C=CCn1c(=O)c2c(=O)cc(CCCC)n(CC(F)F)c2n(CC=C)c1=O.CCCCc1cc(=O)c2c(n1CC(F)F)CC(=O)NC2=O. The van der Waals surface area contributed by atoms with E-state index in [4.69, 9.17) is 0 Å². The fraction of sp³-hybridized carbons (Fsp3) is 0.455. The first-order valence-electron chi connectivity index (χ1n) is 15.6. The Labute approximate surface area is 272 Å². The molecule has 0 aliphatic carbocycles. The summed E-state index contributed by atoms with van der Waals surface area (Å²) in [6.07, 6.45) is 1.14. The van der Waals surface area contributed by atoms with Crippen LogP contribution in [0.2, 0.25) is 0 Å². The summed E-state index contributed by atoms with van der Waals surface area (Å²) < 4.78 is 56.6. The van der Waals surface area contributed by atoms with Crippen molar-refractivity contribution in [3.63, 3.8) is 0 Å². The number of halogens is 4. The van der Waals surface area contributed by atoms with E-state index in [-0.39, 0.29) is 41.8 Å². The van der Waals surface area contributed by atoms with E-state index in [0.29, 0.717) is 30.7 Å². The second kappa shape index (κ2) is 16.8. The van der Waals surface area contributed by atoms with Crippen LogP contribution in [0, 0.1) is 0 Å². The Morgan fingerprint density at radius 2 is 1.29 bits per heavy atom. The third kappa shape index (κ3) is 8.36. The van der Waals surface area contributed by atoms with Crippen LogP contribution < -0.4 is 27.4 Å². The van der Waals surface area contributed by atoms with Gasteiger partial charge in [0.25, 0.3) is 24.3 Å². The van der Waals surface area contributed by atoms with E-state index in [1.807, 2.05) is 19.2 Å². The number of carbonyl (C=O) groups excluding carboxylic acids is 2. The van der Waals surface area contributed by atoms with Crippen LogP contribution in [0.1, 0.15) is 67.0 Å². The smallest absolute Gasteiger partial charge is 0.333 e. The van der Waals surface area contributed by atoms with Gasteiger partial charge in [-0.3, -0.25) is 38.4 Å². The highest BCUT2D eigenvalue weighted by Gasteiger charge is 2.29. The molecule has 3 aromatic heterocycles. The topological polar surface area (TPSA) is 134 Å². The van der Waals surface area contributed by atoms with Crippen LogP contribution >= 0.6 is 0 Å². The molecule has 15 heteroatoms. The number of aromatic nitrogens is 4. The van der Waals surface area contributed by atoms with E-state index in [0.717, 1.165) is 28.4 Å². The number of nitrogens with one attached hydrogen (secondary N) is 1. The summed E-state index contributed by atoms with van der Waals surface area (Å²) in [5.41, 5.74) is -1.94. The number of aryl methyl sites for hydroxylation is 2. The summed E-state index contributed by atoms with van der Waals surface area (Å²) in [6, 6.07) is 2.45. The molecule has 0 bridgehead atoms. The number of hydrogen-bond acceptors (Lipinski definition) is 6. The molecule has 1 N–H and O–H groups in total. The van der Waals surface area contributed by atoms with Crippen molar-refractivity contribution in [2.75, 3.05) is 0 Å². The monoisotopic (exact) mass is 677 g/mol. The van der Waals surface area contributed by atoms with Crippen LogP contribution in [0.25, 0.3) is 11.0 Å². The molecule has 3 aromatic rings. The summed E-state index contributed by atoms with van der Waals surface area (Å²) in [7, 11) is 0. The Balaban J connectivity index is 0.000000269. The van der Waals surface area contributed by atoms with Crippen molar-refractivity contribution in [1.82, 2.24) is 23.6 Å². The molecule has 2 amide bonds. The second-order valence-electron chi connectivity index (χ2n) is 11.2. The quantitative estimate of drug-likeness (QED) is 0.158. The van der Waals surface area contributed by atoms with Gasteiger partial charge in [0.1, 0.15) is 16.6 Å². The van der Waals surface area contributed by atoms with Gasteiger partial charge >= 0.3 is 5.69 Å². The molecule has 0 atom stereocenters. The Bertz CT molecular complexity index is 1940. The second-order valence-corrected chi connectivity index (χ2v) is 11.2. The normalized spacial score (nSPS) is 12.6. The summed E-state index contributed by atoms with van der Waals surface area (Å²) >= 11 is 0. The van der Waals surface area contributed by atoms with Gasteiger partial charge in [-0.25, -0.2) is 22.4 Å². The third-order valence-electron chi connectivity index (χ3n) is 7.70. The Morgan fingerprint density at radius 1 is 0.771 bits per heavy atom. The van der Waals surface area contributed by atoms with E-state index < -0.39 is 59.9 Å². The molecule has 48 heavy (non-hydrogen) atoms. The summed E-state index contributed by atoms with van der Waals surface area (Å²) in [5, 5.41) is 1.76. The van der Waals surface area contributed by atoms with Crippen molar-refractivity contribution in [1.29, 1.82) is 0 Å². The maximum atomic E-state index is 13.3. The average molecular weight is 678 g/mol. The van der Waals surface area contributed by atoms with Crippen LogP contribution in [0.5, 0.6) is 0 Å². The predicted molar refractivity (Wildman–Crippen MR) is 173 cm³/mol. The molecule has 260 valence electrons. The van der Waals surface area contributed by atoms with Gasteiger partial charge in [0.05, 0.1) is 19.5 Å². The van der Waals surface area contributed by atoms with Crippen LogP contribution in [-0.4, -0.2) is 42.9 Å². The van der Waals surface area contributed by atoms with Crippen molar-refractivity contribution in [3.05, 3.63) is 101 Å². The predicted octanol–water partition coefficient (Wildman–Crippen LogP) is 3.57. The fourth-order valence-electron chi connectivity index (χ4n) is 5.61. The zero-order valence-corrected chi connectivity index (χ0v) is 26.9. The molecule has 1 aliphatic heterocycles. The van der Waals surface area contributed by atoms with Crippen molar-refractivity contribution in [2.24, 2.45) is 0 Å². The molecule has 11 nitrogen and oxygen atoms in total. The molecular weight excluding hydrogens is 638 g/mol. The van der Waals surface area contributed by atoms with Gasteiger partial charge in [0.2, 0.25) is 5.91 Å². The maximum Gasteiger partial charge on any atom is 0.333 e. The van der Waals surface area contributed by atoms with Crippen LogP contribution in [0.3, 0.4) is 0 Å². The lowest BCUT2D eigenvalue weighted by Crippen LogP contribution is -2.43. The Hall–Kier alpha value is -4.82. The minimum Gasteiger partial charge on any atom is -0.341 e. The lowest BCUT2D eigenvalue weighted by atomic mass is 10.0. The molecule has 0 radical (unpaired) electrons. The van der Waals surface area contributed by atoms with E-state index in [9.17, 15) is 46.3 Å². The van der Waals surface area contributed by atoms with Gasteiger partial charge in [-0.15, -0.1) is 13.2 Å². The highest BCUT2D eigenvalue weighted by Crippen LogP contribution is 2.18. The van der Waals surface area contributed by atoms with Gasteiger partial charge in [-0.1, -0.05) is 38.8 Å². The van der Waals surface area contributed by atoms with Crippen LogP contribution in [0.4, 0.5) is 17.6 Å². The summed E-state index contributed by atoms with van der Waals surface area (Å²) in [5.74, 6) is -1.39. The number of alkyl halides is 4. The van der Waals surface area contributed by atoms with Crippen molar-refractivity contribution in [2.45, 2.75) is 97.8 Å². The zero-order chi connectivity index (χ0) is 35.7. The number of rotatable bonds is 14. The van der Waals surface area contributed by atoms with Gasteiger partial charge in [-0.05, 0) is 25.7 Å². The first-order valence-corrected chi connectivity index (χ1v) is 15.6. The molecule has 1 aliphatic rings. The van der Waals surface area contributed by atoms with Crippen LogP contribution in [0.15, 0.2) is 56.6 Å². The standard InChI is InChI=1S/C19H23F2N3O3.C14H16F2N2O3/c1-4-7-8-13-11-14(25)16-17(24(13)12-15(20)21)22(9-5-2)19(27)23(10-6-3)18(16)26;1-2-3-4-8-5-10(19)13-9(18(8)7-11(15)16)6-12(20)17-14(13)21/h5-6,11,15H,2-4,7-10,12H2,1H3;5,11H,2-4,6-7H2,1H3,(H,17,20,21). The number of fused-ring (bicyclic) bond motifs is 2. The molecule has 4 heterocycles. The number of imide groups is 1. The van der Waals surface area contributed by atoms with E-state index in [1.54, 1.807) is 0 Å². The summed E-state index contributed by atoms with van der Waals surface area (Å²) in [4.78, 5) is 73.5. The van der Waals surface area contributed by atoms with Gasteiger partial charge in [0.15, 0.2) is 10.9 Å². The largest absolute Gasteiger partial charge is 0.341 e. The average Bonchev–Trinajstić information content (AvgIpc) is 3.01. The number of nitrogens with zero attached hydrogens (tertiary/aromatic N) is 4. The van der Waals surface area contributed by atoms with E-state index in [1.165, 1.54) is 33.4 Å². The minimum absolute atomic E-state index is 0.0212. The highest BCUT2D eigenvalue weighted by molar-refractivity contribution is 6.09. The lowest BCUT2D eigenvalue weighted by Gasteiger charge is -2.23. The first kappa shape index (κ1) is 37.6. The highest BCUT2D eigenvalue weighted by atomic mass is 19.3. The third-order valence-corrected chi connectivity index (χ3v) is 7.70. The molecule has 0 fully saturated rings. The number of amides is 2. The molecule has 0 saturated heterocycles. The zero-order valence-electron chi connectivity index (χ0n) is 26.9. The van der Waals surface area contributed by atoms with Gasteiger partial charge in [0, 0.05) is 42.3 Å². The number of carbonyl (C=O) groups is 2. The Kier molecular flexibility index (Phi) is 13.2. The number of unbranched alkanes of at least 4 members (excludes halogenated alkanes) is 2. The van der Waals surface area contributed by atoms with Crippen molar-refractivity contribution in [3.8, 4) is 0 Å². The van der Waals surface area contributed by atoms with E-state index in [2.05, 4.69) is 13.2 Å². The number of pyridine rings is 2.